The van der Waals surface area contributed by atoms with E-state index in [1.54, 1.807) is 0 Å². The molecule has 17 heavy (non-hydrogen) atoms. The van der Waals surface area contributed by atoms with E-state index < -0.39 is 0 Å². The van der Waals surface area contributed by atoms with Gasteiger partial charge in [0, 0.05) is 32.7 Å². The zero-order valence-electron chi connectivity index (χ0n) is 10.9. The maximum absolute atomic E-state index is 6.31. The molecule has 4 N–H and O–H groups in total. The molecule has 0 bridgehead atoms. The van der Waals surface area contributed by atoms with Crippen LogP contribution in [0.5, 0.6) is 0 Å². The molecule has 1 spiro atoms. The van der Waals surface area contributed by atoms with Gasteiger partial charge >= 0.3 is 0 Å². The van der Waals surface area contributed by atoms with Gasteiger partial charge in [0.1, 0.15) is 0 Å². The van der Waals surface area contributed by atoms with Crippen LogP contribution in [-0.4, -0.2) is 49.3 Å². The summed E-state index contributed by atoms with van der Waals surface area (Å²) in [5.41, 5.74) is 11.5. The molecule has 100 valence electrons. The maximum Gasteiger partial charge on any atom is 0.0710 e. The molecule has 1 aliphatic carbocycles. The van der Waals surface area contributed by atoms with E-state index >= 15 is 0 Å². The highest BCUT2D eigenvalue weighted by molar-refractivity contribution is 4.93. The summed E-state index contributed by atoms with van der Waals surface area (Å²) in [7, 11) is 0. The fraction of sp³-hybridized carbons (Fsp3) is 1.00. The SMILES string of the molecule is NCCN(CCN)CC1CCC2(CCCC2)O1. The van der Waals surface area contributed by atoms with Gasteiger partial charge < -0.3 is 16.2 Å². The van der Waals surface area contributed by atoms with Crippen LogP contribution in [-0.2, 0) is 4.74 Å². The van der Waals surface area contributed by atoms with Gasteiger partial charge in [-0.1, -0.05) is 12.8 Å². The molecule has 1 saturated carbocycles. The van der Waals surface area contributed by atoms with Crippen LogP contribution in [0.3, 0.4) is 0 Å². The Balaban J connectivity index is 1.79. The third-order valence-corrected chi connectivity index (χ3v) is 4.21. The van der Waals surface area contributed by atoms with E-state index in [2.05, 4.69) is 4.90 Å². The first kappa shape index (κ1) is 13.3. The molecule has 1 saturated heterocycles. The first-order valence-corrected chi connectivity index (χ1v) is 7.08. The summed E-state index contributed by atoms with van der Waals surface area (Å²) in [4.78, 5) is 2.35. The van der Waals surface area contributed by atoms with Gasteiger partial charge in [-0.3, -0.25) is 4.90 Å². The lowest BCUT2D eigenvalue weighted by atomic mass is 9.98. The normalized spacial score (nSPS) is 27.4. The smallest absolute Gasteiger partial charge is 0.0710 e. The molecule has 0 aromatic heterocycles. The number of hydrogen-bond donors (Lipinski definition) is 2. The van der Waals surface area contributed by atoms with Crippen molar-refractivity contribution in [2.45, 2.75) is 50.2 Å². The molecular weight excluding hydrogens is 214 g/mol. The molecule has 2 rings (SSSR count). The summed E-state index contributed by atoms with van der Waals surface area (Å²) in [5, 5.41) is 0. The molecule has 0 aromatic carbocycles. The van der Waals surface area contributed by atoms with Crippen LogP contribution in [0.1, 0.15) is 38.5 Å². The molecule has 4 heteroatoms. The predicted octanol–water partition coefficient (Wildman–Crippen LogP) is 0.698. The second-order valence-electron chi connectivity index (χ2n) is 5.55. The van der Waals surface area contributed by atoms with Crippen LogP contribution in [0.15, 0.2) is 0 Å². The lowest BCUT2D eigenvalue weighted by molar-refractivity contribution is -0.0467. The highest BCUT2D eigenvalue weighted by Crippen LogP contribution is 2.43. The summed E-state index contributed by atoms with van der Waals surface area (Å²) < 4.78 is 6.31. The van der Waals surface area contributed by atoms with Gasteiger partial charge in [-0.25, -0.2) is 0 Å². The predicted molar refractivity (Wildman–Crippen MR) is 69.9 cm³/mol. The molecule has 0 radical (unpaired) electrons. The molecule has 1 atom stereocenters. The number of hydrogen-bond acceptors (Lipinski definition) is 4. The van der Waals surface area contributed by atoms with Crippen LogP contribution in [0.4, 0.5) is 0 Å². The van der Waals surface area contributed by atoms with E-state index in [-0.39, 0.29) is 5.60 Å². The largest absolute Gasteiger partial charge is 0.370 e. The first-order chi connectivity index (χ1) is 8.28. The Labute approximate surface area is 105 Å². The van der Waals surface area contributed by atoms with E-state index in [0.717, 1.165) is 19.6 Å². The summed E-state index contributed by atoms with van der Waals surface area (Å²) in [6, 6.07) is 0. The zero-order valence-corrected chi connectivity index (χ0v) is 10.9. The van der Waals surface area contributed by atoms with E-state index in [1.807, 2.05) is 0 Å². The molecule has 0 aromatic rings. The first-order valence-electron chi connectivity index (χ1n) is 7.08. The Morgan fingerprint density at radius 1 is 1.06 bits per heavy atom. The van der Waals surface area contributed by atoms with Gasteiger partial charge in [-0.15, -0.1) is 0 Å². The minimum absolute atomic E-state index is 0.252. The summed E-state index contributed by atoms with van der Waals surface area (Å²) in [5.74, 6) is 0. The van der Waals surface area contributed by atoms with Crippen molar-refractivity contribution < 1.29 is 4.74 Å². The summed E-state index contributed by atoms with van der Waals surface area (Å²) in [6.45, 7) is 4.29. The van der Waals surface area contributed by atoms with Gasteiger partial charge in [0.15, 0.2) is 0 Å². The summed E-state index contributed by atoms with van der Waals surface area (Å²) in [6.07, 6.45) is 8.13. The zero-order chi connectivity index (χ0) is 12.1. The molecule has 1 heterocycles. The van der Waals surface area contributed by atoms with Crippen molar-refractivity contribution in [2.24, 2.45) is 11.5 Å². The monoisotopic (exact) mass is 241 g/mol. The van der Waals surface area contributed by atoms with E-state index in [1.165, 1.54) is 38.5 Å². The minimum Gasteiger partial charge on any atom is -0.370 e. The third-order valence-electron chi connectivity index (χ3n) is 4.21. The van der Waals surface area contributed by atoms with Crippen molar-refractivity contribution in [1.82, 2.24) is 4.90 Å². The fourth-order valence-corrected chi connectivity index (χ4v) is 3.36. The van der Waals surface area contributed by atoms with Gasteiger partial charge in [0.2, 0.25) is 0 Å². The topological polar surface area (TPSA) is 64.5 Å². The Morgan fingerprint density at radius 3 is 2.29 bits per heavy atom. The highest BCUT2D eigenvalue weighted by Gasteiger charge is 2.42. The number of nitrogens with two attached hydrogens (primary N) is 2. The van der Waals surface area contributed by atoms with Gasteiger partial charge in [0.05, 0.1) is 11.7 Å². The third kappa shape index (κ3) is 3.41. The van der Waals surface area contributed by atoms with Crippen molar-refractivity contribution in [3.63, 3.8) is 0 Å². The fourth-order valence-electron chi connectivity index (χ4n) is 3.36. The van der Waals surface area contributed by atoms with Gasteiger partial charge in [-0.2, -0.15) is 0 Å². The number of rotatable bonds is 6. The summed E-state index contributed by atoms with van der Waals surface area (Å²) >= 11 is 0. The molecule has 0 amide bonds. The van der Waals surface area contributed by atoms with Crippen molar-refractivity contribution in [2.75, 3.05) is 32.7 Å². The van der Waals surface area contributed by atoms with E-state index in [9.17, 15) is 0 Å². The van der Waals surface area contributed by atoms with Crippen molar-refractivity contribution in [3.8, 4) is 0 Å². The molecule has 2 fully saturated rings. The average Bonchev–Trinajstić information content (AvgIpc) is 2.91. The number of nitrogens with zero attached hydrogens (tertiary/aromatic N) is 1. The van der Waals surface area contributed by atoms with E-state index in [0.29, 0.717) is 19.2 Å². The second-order valence-corrected chi connectivity index (χ2v) is 5.55. The highest BCUT2D eigenvalue weighted by atomic mass is 16.5. The Morgan fingerprint density at radius 2 is 1.71 bits per heavy atom. The average molecular weight is 241 g/mol. The lowest BCUT2D eigenvalue weighted by Gasteiger charge is -2.27. The van der Waals surface area contributed by atoms with Crippen molar-refractivity contribution >= 4 is 0 Å². The Bertz CT molecular complexity index is 223. The molecule has 4 nitrogen and oxygen atoms in total. The van der Waals surface area contributed by atoms with Crippen LogP contribution in [0.25, 0.3) is 0 Å². The van der Waals surface area contributed by atoms with Crippen LogP contribution in [0, 0.1) is 0 Å². The molecule has 1 unspecified atom stereocenters. The van der Waals surface area contributed by atoms with Crippen LogP contribution >= 0.6 is 0 Å². The van der Waals surface area contributed by atoms with Gasteiger partial charge in [-0.05, 0) is 25.7 Å². The number of ether oxygens (including phenoxy) is 1. The molecule has 2 aliphatic rings. The quantitative estimate of drug-likeness (QED) is 0.718. The van der Waals surface area contributed by atoms with Crippen molar-refractivity contribution in [1.29, 1.82) is 0 Å². The van der Waals surface area contributed by atoms with Crippen LogP contribution < -0.4 is 11.5 Å². The maximum atomic E-state index is 6.31. The Hall–Kier alpha value is -0.160. The van der Waals surface area contributed by atoms with Gasteiger partial charge in [0.25, 0.3) is 0 Å². The van der Waals surface area contributed by atoms with E-state index in [4.69, 9.17) is 16.2 Å². The van der Waals surface area contributed by atoms with Crippen molar-refractivity contribution in [3.05, 3.63) is 0 Å². The minimum atomic E-state index is 0.252. The molecular formula is C13H27N3O. The second kappa shape index (κ2) is 6.14. The lowest BCUT2D eigenvalue weighted by Crippen LogP contribution is -2.40. The molecule has 1 aliphatic heterocycles. The van der Waals surface area contributed by atoms with Crippen LogP contribution in [0.2, 0.25) is 0 Å². The Kier molecular flexibility index (Phi) is 4.79. The standard InChI is InChI=1S/C13H27N3O/c14-7-9-16(10-8-15)11-12-3-6-13(17-12)4-1-2-5-13/h12H,1-11,14-15H2.